The average Bonchev–Trinajstić information content (AvgIpc) is 2.53. The van der Waals surface area contributed by atoms with Crippen LogP contribution in [0.25, 0.3) is 0 Å². The van der Waals surface area contributed by atoms with Crippen LogP contribution in [0.1, 0.15) is 24.2 Å². The zero-order chi connectivity index (χ0) is 15.9. The Morgan fingerprint density at radius 2 is 2.09 bits per heavy atom. The Morgan fingerprint density at radius 1 is 1.32 bits per heavy atom. The molecule has 2 aromatic rings. The van der Waals surface area contributed by atoms with Gasteiger partial charge in [-0.1, -0.05) is 18.2 Å². The van der Waals surface area contributed by atoms with Gasteiger partial charge in [-0.05, 0) is 42.8 Å². The Labute approximate surface area is 128 Å². The lowest BCUT2D eigenvalue weighted by molar-refractivity contribution is -0.118. The standard InChI is InChI=1S/C17H16N2O3/c1-12(20)14-5-3-7-16(9-14)22-11-17(21)19-15-6-2-4-13(8-15)10-18/h2-9,12,20H,11H2,1H3,(H,19,21). The van der Waals surface area contributed by atoms with Crippen molar-refractivity contribution < 1.29 is 14.6 Å². The van der Waals surface area contributed by atoms with Gasteiger partial charge in [0.05, 0.1) is 17.7 Å². The number of nitrogens with one attached hydrogen (secondary N) is 1. The van der Waals surface area contributed by atoms with E-state index in [9.17, 15) is 9.90 Å². The van der Waals surface area contributed by atoms with Crippen LogP contribution < -0.4 is 10.1 Å². The highest BCUT2D eigenvalue weighted by Gasteiger charge is 2.06. The number of aliphatic hydroxyl groups is 1. The summed E-state index contributed by atoms with van der Waals surface area (Å²) in [5.74, 6) is 0.192. The summed E-state index contributed by atoms with van der Waals surface area (Å²) in [6, 6.07) is 15.6. The van der Waals surface area contributed by atoms with Crippen LogP contribution in [0.3, 0.4) is 0 Å². The van der Waals surface area contributed by atoms with Gasteiger partial charge in [0.2, 0.25) is 0 Å². The SMILES string of the molecule is CC(O)c1cccc(OCC(=O)Nc2cccc(C#N)c2)c1. The number of amides is 1. The van der Waals surface area contributed by atoms with Gasteiger partial charge >= 0.3 is 0 Å². The second-order valence-electron chi connectivity index (χ2n) is 4.78. The van der Waals surface area contributed by atoms with Crippen molar-refractivity contribution >= 4 is 11.6 Å². The number of benzene rings is 2. The van der Waals surface area contributed by atoms with E-state index in [1.807, 2.05) is 6.07 Å². The van der Waals surface area contributed by atoms with Crippen molar-refractivity contribution in [1.29, 1.82) is 5.26 Å². The van der Waals surface area contributed by atoms with Gasteiger partial charge in [-0.25, -0.2) is 0 Å². The maximum atomic E-state index is 11.8. The van der Waals surface area contributed by atoms with Gasteiger partial charge in [0.1, 0.15) is 5.75 Å². The predicted octanol–water partition coefficient (Wildman–Crippen LogP) is 2.63. The third-order valence-electron chi connectivity index (χ3n) is 2.99. The fourth-order valence-corrected chi connectivity index (χ4v) is 1.88. The summed E-state index contributed by atoms with van der Waals surface area (Å²) >= 11 is 0. The predicted molar refractivity (Wildman–Crippen MR) is 82.4 cm³/mol. The molecule has 0 spiro atoms. The molecule has 1 unspecified atom stereocenters. The Balaban J connectivity index is 1.92. The topological polar surface area (TPSA) is 82.3 Å². The van der Waals surface area contributed by atoms with Gasteiger partial charge in [-0.2, -0.15) is 5.26 Å². The smallest absolute Gasteiger partial charge is 0.262 e. The van der Waals surface area contributed by atoms with Crippen molar-refractivity contribution in [2.45, 2.75) is 13.0 Å². The van der Waals surface area contributed by atoms with Crippen molar-refractivity contribution in [3.63, 3.8) is 0 Å². The molecular weight excluding hydrogens is 280 g/mol. The lowest BCUT2D eigenvalue weighted by Gasteiger charge is -2.10. The number of nitrogens with zero attached hydrogens (tertiary/aromatic N) is 1. The highest BCUT2D eigenvalue weighted by Crippen LogP contribution is 2.18. The van der Waals surface area contributed by atoms with Crippen LogP contribution in [0.5, 0.6) is 5.75 Å². The molecule has 2 aromatic carbocycles. The highest BCUT2D eigenvalue weighted by atomic mass is 16.5. The maximum Gasteiger partial charge on any atom is 0.262 e. The molecule has 0 saturated heterocycles. The molecule has 2 N–H and O–H groups in total. The van der Waals surface area contributed by atoms with E-state index in [2.05, 4.69) is 5.32 Å². The quantitative estimate of drug-likeness (QED) is 0.888. The molecule has 0 aliphatic heterocycles. The monoisotopic (exact) mass is 296 g/mol. The van der Waals surface area contributed by atoms with E-state index < -0.39 is 6.10 Å². The molecule has 5 nitrogen and oxygen atoms in total. The second-order valence-corrected chi connectivity index (χ2v) is 4.78. The van der Waals surface area contributed by atoms with Crippen LogP contribution in [0.15, 0.2) is 48.5 Å². The van der Waals surface area contributed by atoms with E-state index >= 15 is 0 Å². The summed E-state index contributed by atoms with van der Waals surface area (Å²) in [5.41, 5.74) is 1.74. The summed E-state index contributed by atoms with van der Waals surface area (Å²) in [5, 5.41) is 21.0. The van der Waals surface area contributed by atoms with Crippen LogP contribution in [0.4, 0.5) is 5.69 Å². The van der Waals surface area contributed by atoms with E-state index in [0.29, 0.717) is 17.0 Å². The third kappa shape index (κ3) is 4.33. The largest absolute Gasteiger partial charge is 0.484 e. The molecule has 22 heavy (non-hydrogen) atoms. The fourth-order valence-electron chi connectivity index (χ4n) is 1.88. The number of ether oxygens (including phenoxy) is 1. The van der Waals surface area contributed by atoms with Gasteiger partial charge in [0, 0.05) is 5.69 Å². The number of hydrogen-bond acceptors (Lipinski definition) is 4. The number of rotatable bonds is 5. The van der Waals surface area contributed by atoms with E-state index in [1.165, 1.54) is 0 Å². The van der Waals surface area contributed by atoms with Crippen molar-refractivity contribution in [2.24, 2.45) is 0 Å². The van der Waals surface area contributed by atoms with Crippen LogP contribution in [-0.4, -0.2) is 17.6 Å². The van der Waals surface area contributed by atoms with Gasteiger partial charge in [-0.15, -0.1) is 0 Å². The Hall–Kier alpha value is -2.84. The van der Waals surface area contributed by atoms with Crippen LogP contribution in [0.2, 0.25) is 0 Å². The zero-order valence-electron chi connectivity index (χ0n) is 12.1. The molecule has 0 radical (unpaired) electrons. The molecular formula is C17H16N2O3. The summed E-state index contributed by atoms with van der Waals surface area (Å²) in [6.07, 6.45) is -0.592. The molecule has 0 fully saturated rings. The van der Waals surface area contributed by atoms with Crippen molar-refractivity contribution in [3.05, 3.63) is 59.7 Å². The van der Waals surface area contributed by atoms with Crippen LogP contribution in [-0.2, 0) is 4.79 Å². The van der Waals surface area contributed by atoms with Crippen LogP contribution in [0, 0.1) is 11.3 Å². The minimum Gasteiger partial charge on any atom is -0.484 e. The highest BCUT2D eigenvalue weighted by molar-refractivity contribution is 5.92. The molecule has 2 rings (SSSR count). The molecule has 1 atom stereocenters. The number of carbonyl (C=O) groups is 1. The normalized spacial score (nSPS) is 11.3. The minimum absolute atomic E-state index is 0.153. The molecule has 0 aliphatic carbocycles. The first-order chi connectivity index (χ1) is 10.6. The van der Waals surface area contributed by atoms with Crippen LogP contribution >= 0.6 is 0 Å². The molecule has 0 saturated carbocycles. The maximum absolute atomic E-state index is 11.8. The number of hydrogen-bond donors (Lipinski definition) is 2. The van der Waals surface area contributed by atoms with Gasteiger partial charge in [0.25, 0.3) is 5.91 Å². The lowest BCUT2D eigenvalue weighted by atomic mass is 10.1. The molecule has 0 aromatic heterocycles. The van der Waals surface area contributed by atoms with Gasteiger partial charge in [-0.3, -0.25) is 4.79 Å². The second kappa shape index (κ2) is 7.25. The number of carbonyl (C=O) groups excluding carboxylic acids is 1. The Kier molecular flexibility index (Phi) is 5.12. The molecule has 0 aliphatic rings. The zero-order valence-corrected chi connectivity index (χ0v) is 12.1. The first-order valence-electron chi connectivity index (χ1n) is 6.79. The van der Waals surface area contributed by atoms with E-state index in [1.54, 1.807) is 55.5 Å². The lowest BCUT2D eigenvalue weighted by Crippen LogP contribution is -2.20. The third-order valence-corrected chi connectivity index (χ3v) is 2.99. The molecule has 5 heteroatoms. The molecule has 0 bridgehead atoms. The van der Waals surface area contributed by atoms with Gasteiger partial charge in [0.15, 0.2) is 6.61 Å². The van der Waals surface area contributed by atoms with Crippen molar-refractivity contribution in [1.82, 2.24) is 0 Å². The summed E-state index contributed by atoms with van der Waals surface area (Å²) in [7, 11) is 0. The fraction of sp³-hybridized carbons (Fsp3) is 0.176. The average molecular weight is 296 g/mol. The summed E-state index contributed by atoms with van der Waals surface area (Å²) < 4.78 is 5.40. The molecule has 0 heterocycles. The first kappa shape index (κ1) is 15.5. The Morgan fingerprint density at radius 3 is 2.82 bits per heavy atom. The number of aliphatic hydroxyl groups excluding tert-OH is 1. The van der Waals surface area contributed by atoms with E-state index in [0.717, 1.165) is 5.56 Å². The molecule has 112 valence electrons. The van der Waals surface area contributed by atoms with Crippen molar-refractivity contribution in [2.75, 3.05) is 11.9 Å². The number of anilines is 1. The first-order valence-corrected chi connectivity index (χ1v) is 6.79. The van der Waals surface area contributed by atoms with Gasteiger partial charge < -0.3 is 15.2 Å². The molecule has 1 amide bonds. The minimum atomic E-state index is -0.592. The van der Waals surface area contributed by atoms with E-state index in [4.69, 9.17) is 10.00 Å². The Bertz CT molecular complexity index is 705. The van der Waals surface area contributed by atoms with E-state index in [-0.39, 0.29) is 12.5 Å². The summed E-state index contributed by atoms with van der Waals surface area (Å²) in [4.78, 5) is 11.8. The van der Waals surface area contributed by atoms with Crippen molar-refractivity contribution in [3.8, 4) is 11.8 Å². The summed E-state index contributed by atoms with van der Waals surface area (Å²) in [6.45, 7) is 1.51. The number of nitriles is 1.